The summed E-state index contributed by atoms with van der Waals surface area (Å²) < 4.78 is 0. The number of hydrogen-bond donors (Lipinski definition) is 1. The van der Waals surface area contributed by atoms with E-state index in [1.54, 1.807) is 0 Å². The van der Waals surface area contributed by atoms with E-state index in [0.717, 1.165) is 17.8 Å². The van der Waals surface area contributed by atoms with Crippen LogP contribution in [0.2, 0.25) is 0 Å². The minimum atomic E-state index is -0.206. The molecule has 10 rings (SSSR count). The molecule has 7 aromatic carbocycles. The molecule has 0 spiro atoms. The predicted octanol–water partition coefficient (Wildman–Crippen LogP) is 15.1. The Morgan fingerprint density at radius 2 is 1.08 bits per heavy atom. The SMILES string of the molecule is C=C(/C=C\C1=C(C)C(C)(C)c2cc3c(cc21)C(C)(C)c1cccc(-c2ccccc2)c1-3)Nc1ccc2c(c1)C(C)(Cc1ccccc1-c1ccccc1)c1ccccc1-2. The van der Waals surface area contributed by atoms with Gasteiger partial charge >= 0.3 is 0 Å². The Kier molecular flexibility index (Phi) is 8.48. The number of nitrogens with one attached hydrogen (secondary N) is 1. The molecule has 1 atom stereocenters. The largest absolute Gasteiger partial charge is 0.356 e. The lowest BCUT2D eigenvalue weighted by molar-refractivity contribution is 0.584. The zero-order chi connectivity index (χ0) is 40.7. The van der Waals surface area contributed by atoms with Crippen molar-refractivity contribution in [2.24, 2.45) is 0 Å². The number of benzene rings is 7. The average molecular weight is 762 g/mol. The zero-order valence-electron chi connectivity index (χ0n) is 35.1. The molecule has 288 valence electrons. The maximum atomic E-state index is 4.54. The molecule has 3 aliphatic rings. The fraction of sp³-hybridized carbons (Fsp3) is 0.172. The molecule has 0 aromatic heterocycles. The Morgan fingerprint density at radius 3 is 1.83 bits per heavy atom. The molecule has 0 saturated carbocycles. The lowest BCUT2D eigenvalue weighted by Crippen LogP contribution is -2.24. The van der Waals surface area contributed by atoms with Gasteiger partial charge in [-0.1, -0.05) is 186 Å². The van der Waals surface area contributed by atoms with Gasteiger partial charge in [-0.05, 0) is 133 Å². The van der Waals surface area contributed by atoms with E-state index in [0.29, 0.717) is 0 Å². The summed E-state index contributed by atoms with van der Waals surface area (Å²) in [5, 5.41) is 3.71. The smallest absolute Gasteiger partial charge is 0.0387 e. The van der Waals surface area contributed by atoms with Crippen molar-refractivity contribution in [2.45, 2.75) is 64.2 Å². The summed E-state index contributed by atoms with van der Waals surface area (Å²) in [5.41, 5.74) is 24.3. The van der Waals surface area contributed by atoms with Crippen molar-refractivity contribution >= 4 is 11.3 Å². The molecule has 1 N–H and O–H groups in total. The maximum Gasteiger partial charge on any atom is 0.0387 e. The van der Waals surface area contributed by atoms with Gasteiger partial charge in [0, 0.05) is 27.6 Å². The van der Waals surface area contributed by atoms with E-state index in [1.807, 2.05) is 0 Å². The van der Waals surface area contributed by atoms with Gasteiger partial charge in [0.15, 0.2) is 0 Å². The normalized spacial score (nSPS) is 17.7. The first-order valence-electron chi connectivity index (χ1n) is 21.1. The Hall–Kier alpha value is -6.44. The second kappa shape index (κ2) is 13.6. The van der Waals surface area contributed by atoms with E-state index in [2.05, 4.69) is 223 Å². The summed E-state index contributed by atoms with van der Waals surface area (Å²) in [4.78, 5) is 0. The summed E-state index contributed by atoms with van der Waals surface area (Å²) in [5.74, 6) is 0. The molecule has 0 radical (unpaired) electrons. The predicted molar refractivity (Wildman–Crippen MR) is 251 cm³/mol. The van der Waals surface area contributed by atoms with Gasteiger partial charge in [-0.2, -0.15) is 0 Å². The third-order valence-corrected chi connectivity index (χ3v) is 14.1. The summed E-state index contributed by atoms with van der Waals surface area (Å²) in [6.45, 7) is 18.8. The van der Waals surface area contributed by atoms with Crippen molar-refractivity contribution in [3.63, 3.8) is 0 Å². The first kappa shape index (κ1) is 36.9. The number of anilines is 1. The molecule has 1 nitrogen and oxygen atoms in total. The standard InChI is InChI=1S/C58H51N/c1-37(59-42-30-32-47-46-25-16-17-27-50(46)58(7,54(47)33-42)36-41-23-14-15-24-44(41)39-19-10-8-11-20-39)29-31-43-38(2)56(3,4)52-35-49-53(34-48(43)52)57(5,6)51-28-18-26-45(55(49)51)40-21-12-9-13-22-40/h8-35,59H,1,36H2,2-7H3/b31-29-. The van der Waals surface area contributed by atoms with Crippen LogP contribution in [0.4, 0.5) is 5.69 Å². The maximum absolute atomic E-state index is 4.54. The van der Waals surface area contributed by atoms with Crippen LogP contribution in [0.3, 0.4) is 0 Å². The van der Waals surface area contributed by atoms with Crippen molar-refractivity contribution in [2.75, 3.05) is 5.32 Å². The van der Waals surface area contributed by atoms with Crippen molar-refractivity contribution in [3.8, 4) is 44.5 Å². The highest BCUT2D eigenvalue weighted by molar-refractivity contribution is 5.96. The van der Waals surface area contributed by atoms with Crippen molar-refractivity contribution in [3.05, 3.63) is 227 Å². The van der Waals surface area contributed by atoms with E-state index in [-0.39, 0.29) is 16.2 Å². The Labute approximate surface area is 350 Å². The van der Waals surface area contributed by atoms with E-state index in [9.17, 15) is 0 Å². The Bertz CT molecular complexity index is 2900. The Balaban J connectivity index is 0.969. The zero-order valence-corrected chi connectivity index (χ0v) is 35.1. The topological polar surface area (TPSA) is 12.0 Å². The van der Waals surface area contributed by atoms with Crippen LogP contribution < -0.4 is 5.32 Å². The van der Waals surface area contributed by atoms with Crippen LogP contribution >= 0.6 is 0 Å². The van der Waals surface area contributed by atoms with E-state index in [1.165, 1.54) is 94.6 Å². The van der Waals surface area contributed by atoms with Crippen LogP contribution in [0, 0.1) is 0 Å². The Morgan fingerprint density at radius 1 is 0.508 bits per heavy atom. The van der Waals surface area contributed by atoms with Gasteiger partial charge in [0.1, 0.15) is 0 Å². The second-order valence-corrected chi connectivity index (χ2v) is 18.1. The van der Waals surface area contributed by atoms with Gasteiger partial charge in [-0.25, -0.2) is 0 Å². The van der Waals surface area contributed by atoms with Gasteiger partial charge in [-0.3, -0.25) is 0 Å². The first-order chi connectivity index (χ1) is 28.5. The lowest BCUT2D eigenvalue weighted by Gasteiger charge is -2.29. The summed E-state index contributed by atoms with van der Waals surface area (Å²) in [7, 11) is 0. The number of hydrogen-bond acceptors (Lipinski definition) is 1. The van der Waals surface area contributed by atoms with Gasteiger partial charge in [-0.15, -0.1) is 0 Å². The van der Waals surface area contributed by atoms with Crippen LogP contribution in [0.1, 0.15) is 80.5 Å². The highest BCUT2D eigenvalue weighted by atomic mass is 14.9. The molecule has 0 saturated heterocycles. The molecule has 59 heavy (non-hydrogen) atoms. The van der Waals surface area contributed by atoms with Crippen molar-refractivity contribution < 1.29 is 0 Å². The minimum absolute atomic E-state index is 0.105. The molecule has 1 unspecified atom stereocenters. The third kappa shape index (κ3) is 5.74. The fourth-order valence-electron chi connectivity index (χ4n) is 10.6. The van der Waals surface area contributed by atoms with Crippen molar-refractivity contribution in [1.82, 2.24) is 0 Å². The molecule has 0 fully saturated rings. The molecular formula is C58H51N. The molecule has 1 heteroatoms. The molecule has 7 aromatic rings. The number of allylic oxidation sites excluding steroid dienone is 4. The number of fused-ring (bicyclic) bond motifs is 7. The highest BCUT2D eigenvalue weighted by Gasteiger charge is 2.43. The summed E-state index contributed by atoms with van der Waals surface area (Å²) >= 11 is 0. The van der Waals surface area contributed by atoms with Crippen LogP contribution in [0.5, 0.6) is 0 Å². The van der Waals surface area contributed by atoms with Gasteiger partial charge in [0.25, 0.3) is 0 Å². The molecule has 0 amide bonds. The quantitative estimate of drug-likeness (QED) is 0.152. The lowest BCUT2D eigenvalue weighted by atomic mass is 9.74. The summed E-state index contributed by atoms with van der Waals surface area (Å²) in [6, 6.07) is 58.3. The van der Waals surface area contributed by atoms with Gasteiger partial charge in [0.05, 0.1) is 0 Å². The van der Waals surface area contributed by atoms with Crippen LogP contribution in [0.25, 0.3) is 50.1 Å². The van der Waals surface area contributed by atoms with E-state index in [4.69, 9.17) is 0 Å². The van der Waals surface area contributed by atoms with Crippen LogP contribution in [0.15, 0.2) is 188 Å². The molecule has 0 heterocycles. The number of rotatable bonds is 8. The fourth-order valence-corrected chi connectivity index (χ4v) is 10.6. The van der Waals surface area contributed by atoms with Crippen molar-refractivity contribution in [1.29, 1.82) is 0 Å². The van der Waals surface area contributed by atoms with Crippen LogP contribution in [-0.2, 0) is 22.7 Å². The average Bonchev–Trinajstić information content (AvgIpc) is 3.72. The molecule has 0 aliphatic heterocycles. The molecule has 0 bridgehead atoms. The van der Waals surface area contributed by atoms with Gasteiger partial charge in [0.2, 0.25) is 0 Å². The molecular weight excluding hydrogens is 711 g/mol. The monoisotopic (exact) mass is 761 g/mol. The molecule has 3 aliphatic carbocycles. The first-order valence-corrected chi connectivity index (χ1v) is 21.1. The third-order valence-electron chi connectivity index (χ3n) is 14.1. The van der Waals surface area contributed by atoms with Crippen LogP contribution in [-0.4, -0.2) is 0 Å². The minimum Gasteiger partial charge on any atom is -0.356 e. The van der Waals surface area contributed by atoms with Gasteiger partial charge < -0.3 is 5.32 Å². The highest BCUT2D eigenvalue weighted by Crippen LogP contribution is 2.57. The van der Waals surface area contributed by atoms with E-state index < -0.39 is 0 Å². The summed E-state index contributed by atoms with van der Waals surface area (Å²) in [6.07, 6.45) is 5.36. The second-order valence-electron chi connectivity index (χ2n) is 18.1. The van der Waals surface area contributed by atoms with E-state index >= 15 is 0 Å².